The van der Waals surface area contributed by atoms with Crippen molar-refractivity contribution in [3.8, 4) is 11.5 Å². The van der Waals surface area contributed by atoms with Gasteiger partial charge in [-0.25, -0.2) is 9.78 Å². The first-order chi connectivity index (χ1) is 25.3. The maximum Gasteiger partial charge on any atom is 0.368 e. The lowest BCUT2D eigenvalue weighted by Gasteiger charge is -2.43. The van der Waals surface area contributed by atoms with Crippen LogP contribution in [0.5, 0.6) is 11.5 Å². The first-order valence-electron chi connectivity index (χ1n) is 16.8. The highest BCUT2D eigenvalue weighted by atomic mass is 35.5. The molecule has 3 aromatic rings. The lowest BCUT2D eigenvalue weighted by atomic mass is 10.0. The highest BCUT2D eigenvalue weighted by molar-refractivity contribution is 6.42. The molecule has 0 unspecified atom stereocenters. The summed E-state index contributed by atoms with van der Waals surface area (Å²) in [5.74, 6) is 1.54. The Bertz CT molecular complexity index is 1990. The van der Waals surface area contributed by atoms with Gasteiger partial charge in [-0.15, -0.1) is 0 Å². The number of piperidine rings is 1. The summed E-state index contributed by atoms with van der Waals surface area (Å²) in [7, 11) is 8.62. The number of amides is 3. The second-order valence-electron chi connectivity index (χ2n) is 13.5. The first-order valence-corrected chi connectivity index (χ1v) is 17.6. The zero-order valence-electron chi connectivity index (χ0n) is 30.0. The van der Waals surface area contributed by atoms with Crippen LogP contribution in [0.1, 0.15) is 24.8 Å². The fourth-order valence-corrected chi connectivity index (χ4v) is 7.36. The third-order valence-electron chi connectivity index (χ3n) is 9.27. The van der Waals surface area contributed by atoms with Crippen molar-refractivity contribution in [2.75, 3.05) is 69.6 Å². The molecule has 1 fully saturated rings. The molecule has 17 nitrogen and oxygen atoms in total. The van der Waals surface area contributed by atoms with E-state index in [-0.39, 0.29) is 57.5 Å². The van der Waals surface area contributed by atoms with E-state index in [0.29, 0.717) is 72.7 Å². The second kappa shape index (κ2) is 15.4. The molecular weight excluding hydrogens is 729 g/mol. The molecule has 3 aliphatic heterocycles. The predicted molar refractivity (Wildman–Crippen MR) is 200 cm³/mol. The Morgan fingerprint density at radius 1 is 1.17 bits per heavy atom. The maximum absolute atomic E-state index is 14.6. The van der Waals surface area contributed by atoms with Gasteiger partial charge in [-0.05, 0) is 23.8 Å². The van der Waals surface area contributed by atoms with Crippen molar-refractivity contribution in [2.24, 2.45) is 12.0 Å². The number of urea groups is 1. The number of quaternary nitrogens is 1. The van der Waals surface area contributed by atoms with Crippen LogP contribution < -0.4 is 24.6 Å². The fraction of sp³-hybridized carbons (Fsp3) is 0.412. The van der Waals surface area contributed by atoms with Crippen molar-refractivity contribution < 1.29 is 28.5 Å². The quantitative estimate of drug-likeness (QED) is 0.117. The van der Waals surface area contributed by atoms with Gasteiger partial charge in [-0.3, -0.25) is 19.3 Å². The number of likely N-dealkylation sites (N-methyl/N-ethyl adjacent to an activating group) is 1. The van der Waals surface area contributed by atoms with Crippen molar-refractivity contribution in [3.63, 3.8) is 0 Å². The average Bonchev–Trinajstić information content (AvgIpc) is 3.76. The summed E-state index contributed by atoms with van der Waals surface area (Å²) in [6.45, 7) is 1.77. The van der Waals surface area contributed by atoms with Crippen molar-refractivity contribution in [2.45, 2.75) is 31.8 Å². The number of hydrogen-bond donors (Lipinski definition) is 1. The van der Waals surface area contributed by atoms with Crippen LogP contribution in [0, 0.1) is 10.1 Å². The minimum absolute atomic E-state index is 0.0684. The number of ether oxygens (including phenoxy) is 2. The standard InChI is InChI=1S/C34H40Cl2N11O6/c1-42-13-11-26(41-42)39-33-38-18-22-19-44(30-28(35)24(52-4)17-25(53-5)29(30)36)34(49)45(32(22)40-33)23-9-14-43(15-10-23)27(48)7-6-16-47(2,3)20-21-8-12-37-31(21)46(50)51/h6-7,11-13,17-18,23H,8-10,14-16,19-20H2,1-5H3,(H,38,39,40,41)/q+1/b7-6+. The molecule has 19 heteroatoms. The number of anilines is 4. The predicted octanol–water partition coefficient (Wildman–Crippen LogP) is 4.81. The summed E-state index contributed by atoms with van der Waals surface area (Å²) in [6.07, 6.45) is 9.70. The summed E-state index contributed by atoms with van der Waals surface area (Å²) in [4.78, 5) is 56.8. The number of benzene rings is 1. The van der Waals surface area contributed by atoms with Gasteiger partial charge in [-0.2, -0.15) is 10.1 Å². The van der Waals surface area contributed by atoms with Crippen molar-refractivity contribution in [3.05, 3.63) is 73.8 Å². The number of rotatable bonds is 12. The number of aliphatic imine (C=N–C) groups is 1. The van der Waals surface area contributed by atoms with E-state index in [1.165, 1.54) is 19.1 Å². The van der Waals surface area contributed by atoms with E-state index >= 15 is 0 Å². The Hall–Kier alpha value is -5.26. The summed E-state index contributed by atoms with van der Waals surface area (Å²) in [6, 6.07) is 2.59. The summed E-state index contributed by atoms with van der Waals surface area (Å²) >= 11 is 13.6. The largest absolute Gasteiger partial charge is 0.495 e. The van der Waals surface area contributed by atoms with Crippen LogP contribution >= 0.6 is 23.2 Å². The molecule has 3 amide bonds. The summed E-state index contributed by atoms with van der Waals surface area (Å²) in [5.41, 5.74) is 1.54. The van der Waals surface area contributed by atoms with E-state index in [1.54, 1.807) is 64.4 Å². The Balaban J connectivity index is 1.22. The molecule has 6 rings (SSSR count). The van der Waals surface area contributed by atoms with Gasteiger partial charge in [0.15, 0.2) is 5.82 Å². The lowest BCUT2D eigenvalue weighted by Crippen LogP contribution is -2.55. The van der Waals surface area contributed by atoms with Gasteiger partial charge in [0.05, 0.1) is 52.7 Å². The zero-order chi connectivity index (χ0) is 38.0. The number of carbonyl (C=O) groups is 2. The molecule has 0 spiro atoms. The molecule has 0 aliphatic carbocycles. The fourth-order valence-electron chi connectivity index (χ4n) is 6.65. The van der Waals surface area contributed by atoms with Crippen LogP contribution in [-0.2, 0) is 18.4 Å². The molecule has 0 saturated carbocycles. The van der Waals surface area contributed by atoms with Crippen molar-refractivity contribution >= 4 is 64.6 Å². The first kappa shape index (κ1) is 37.5. The Morgan fingerprint density at radius 3 is 2.49 bits per heavy atom. The minimum Gasteiger partial charge on any atom is -0.495 e. The normalized spacial score (nSPS) is 16.5. The molecule has 1 saturated heterocycles. The molecule has 0 radical (unpaired) electrons. The van der Waals surface area contributed by atoms with E-state index in [4.69, 9.17) is 37.7 Å². The number of hydrogen-bond acceptors (Lipinski definition) is 11. The molecule has 0 bridgehead atoms. The minimum atomic E-state index is -0.458. The average molecular weight is 770 g/mol. The number of likely N-dealkylation sites (tertiary alicyclic amines) is 1. The molecule has 2 aromatic heterocycles. The van der Waals surface area contributed by atoms with Crippen LogP contribution in [0.3, 0.4) is 0 Å². The van der Waals surface area contributed by atoms with Gasteiger partial charge in [-0.1, -0.05) is 28.2 Å². The van der Waals surface area contributed by atoms with Gasteiger partial charge in [0.2, 0.25) is 11.9 Å². The Kier molecular flexibility index (Phi) is 10.9. The Morgan fingerprint density at radius 2 is 1.87 bits per heavy atom. The van der Waals surface area contributed by atoms with Crippen LogP contribution in [0.15, 0.2) is 53.1 Å². The van der Waals surface area contributed by atoms with Crippen molar-refractivity contribution in [1.29, 1.82) is 0 Å². The number of nitrogens with zero attached hydrogens (tertiary/aromatic N) is 10. The number of nitro groups is 1. The van der Waals surface area contributed by atoms with E-state index in [9.17, 15) is 19.7 Å². The van der Waals surface area contributed by atoms with E-state index < -0.39 is 11.0 Å². The van der Waals surface area contributed by atoms with Crippen LogP contribution in [0.4, 0.5) is 28.1 Å². The molecule has 280 valence electrons. The number of aromatic nitrogens is 4. The van der Waals surface area contributed by atoms with Gasteiger partial charge in [0.25, 0.3) is 0 Å². The van der Waals surface area contributed by atoms with Crippen molar-refractivity contribution in [1.82, 2.24) is 24.6 Å². The van der Waals surface area contributed by atoms with E-state index in [0.717, 1.165) is 0 Å². The molecule has 1 N–H and O–H groups in total. The molecule has 1 aromatic carbocycles. The SMILES string of the molecule is COc1cc(OC)c(Cl)c(N2Cc3cnc(Nc4ccn(C)n4)nc3N(C3CCN(C(=O)/C=C/C[N+](C)(C)CC4=C([N+](=O)[O-])N=CC4)CC3)C2=O)c1Cl. The zero-order valence-corrected chi connectivity index (χ0v) is 31.5. The number of fused-ring (bicyclic) bond motifs is 1. The molecule has 0 atom stereocenters. The molecule has 5 heterocycles. The summed E-state index contributed by atoms with van der Waals surface area (Å²) in [5, 5.41) is 19.1. The van der Waals surface area contributed by atoms with Gasteiger partial charge < -0.3 is 34.3 Å². The van der Waals surface area contributed by atoms with Crippen LogP contribution in [0.2, 0.25) is 10.0 Å². The number of carbonyl (C=O) groups excluding carboxylic acids is 2. The molecule has 3 aliphatic rings. The summed E-state index contributed by atoms with van der Waals surface area (Å²) < 4.78 is 13.0. The number of halogens is 2. The molecule has 53 heavy (non-hydrogen) atoms. The lowest BCUT2D eigenvalue weighted by molar-refractivity contribution is -0.880. The monoisotopic (exact) mass is 768 g/mol. The maximum atomic E-state index is 14.6. The Labute approximate surface area is 315 Å². The molecular formula is C34H40Cl2N11O6+. The second-order valence-corrected chi connectivity index (χ2v) is 14.2. The topological polar surface area (TPSA) is 173 Å². The van der Waals surface area contributed by atoms with Crippen LogP contribution in [0.25, 0.3) is 0 Å². The third kappa shape index (κ3) is 7.91. The van der Waals surface area contributed by atoms with Gasteiger partial charge in [0, 0.05) is 68.8 Å². The number of methoxy groups -OCH3 is 2. The van der Waals surface area contributed by atoms with Crippen LogP contribution in [-0.4, -0.2) is 113 Å². The van der Waals surface area contributed by atoms with Gasteiger partial charge >= 0.3 is 11.9 Å². The smallest absolute Gasteiger partial charge is 0.368 e. The number of aryl methyl sites for hydroxylation is 1. The third-order valence-corrected chi connectivity index (χ3v) is 10.0. The van der Waals surface area contributed by atoms with E-state index in [1.807, 2.05) is 14.1 Å². The highest BCUT2D eigenvalue weighted by Crippen LogP contribution is 2.48. The van der Waals surface area contributed by atoms with Gasteiger partial charge in [0.1, 0.15) is 40.1 Å². The van der Waals surface area contributed by atoms with E-state index in [2.05, 4.69) is 20.4 Å². The highest BCUT2D eigenvalue weighted by Gasteiger charge is 2.41. The number of nitrogens with one attached hydrogen (secondary N) is 1.